The van der Waals surface area contributed by atoms with E-state index in [1.165, 1.54) is 0 Å². The average Bonchev–Trinajstić information content (AvgIpc) is 2.97. The summed E-state index contributed by atoms with van der Waals surface area (Å²) in [6, 6.07) is 26.7. The maximum atomic E-state index is 14.1. The standard InChI is InChI=1S/C31H31ClN4O2/c1-35(21-22-10-4-2-5-11-22)31-33-20-26(28(34-31)23-15-17-25(32)18-16-23)30(38)36-19-9-8-14-27(36)29(37)24-12-6-3-7-13-24/h2-7,10-13,15-18,20,27,29,37H,8-9,14,19,21H2,1H3. The Morgan fingerprint density at radius 3 is 2.42 bits per heavy atom. The van der Waals surface area contributed by atoms with Crippen LogP contribution in [0.1, 0.15) is 46.9 Å². The van der Waals surface area contributed by atoms with Crippen molar-refractivity contribution in [3.05, 3.63) is 113 Å². The normalized spacial score (nSPS) is 16.2. The molecule has 5 rings (SSSR count). The van der Waals surface area contributed by atoms with Crippen molar-refractivity contribution >= 4 is 23.5 Å². The fourth-order valence-electron chi connectivity index (χ4n) is 5.03. The van der Waals surface area contributed by atoms with E-state index in [0.717, 1.165) is 36.0 Å². The molecule has 6 nitrogen and oxygen atoms in total. The molecule has 2 unspecified atom stereocenters. The van der Waals surface area contributed by atoms with Crippen molar-refractivity contribution in [1.29, 1.82) is 0 Å². The van der Waals surface area contributed by atoms with Crippen molar-refractivity contribution in [1.82, 2.24) is 14.9 Å². The van der Waals surface area contributed by atoms with Gasteiger partial charge < -0.3 is 14.9 Å². The molecule has 3 aromatic carbocycles. The van der Waals surface area contributed by atoms with Gasteiger partial charge in [0.15, 0.2) is 0 Å². The highest BCUT2D eigenvalue weighted by Gasteiger charge is 2.34. The van der Waals surface area contributed by atoms with E-state index in [-0.39, 0.29) is 11.9 Å². The molecule has 1 N–H and O–H groups in total. The first-order chi connectivity index (χ1) is 18.5. The number of carbonyl (C=O) groups is 1. The predicted octanol–water partition coefficient (Wildman–Crippen LogP) is 6.16. The second-order valence-corrected chi connectivity index (χ2v) is 10.1. The number of amides is 1. The number of piperidine rings is 1. The second-order valence-electron chi connectivity index (χ2n) is 9.70. The molecule has 1 aromatic heterocycles. The van der Waals surface area contributed by atoms with Crippen LogP contribution in [0.4, 0.5) is 5.95 Å². The van der Waals surface area contributed by atoms with Crippen LogP contribution in [-0.4, -0.2) is 45.5 Å². The highest BCUT2D eigenvalue weighted by atomic mass is 35.5. The summed E-state index contributed by atoms with van der Waals surface area (Å²) in [4.78, 5) is 27.3. The van der Waals surface area contributed by atoms with E-state index < -0.39 is 6.10 Å². The molecule has 2 atom stereocenters. The Morgan fingerprint density at radius 1 is 1.03 bits per heavy atom. The largest absolute Gasteiger partial charge is 0.386 e. The van der Waals surface area contributed by atoms with Gasteiger partial charge >= 0.3 is 0 Å². The first-order valence-corrected chi connectivity index (χ1v) is 13.3. The summed E-state index contributed by atoms with van der Waals surface area (Å²) in [6.07, 6.45) is 3.44. The molecule has 7 heteroatoms. The fourth-order valence-corrected chi connectivity index (χ4v) is 5.16. The molecule has 1 amide bonds. The Labute approximate surface area is 228 Å². The van der Waals surface area contributed by atoms with Gasteiger partial charge in [-0.25, -0.2) is 9.97 Å². The number of aromatic nitrogens is 2. The number of nitrogens with zero attached hydrogens (tertiary/aromatic N) is 4. The number of halogens is 1. The Bertz CT molecular complexity index is 1370. The Morgan fingerprint density at radius 2 is 1.71 bits per heavy atom. The number of likely N-dealkylation sites (tertiary alicyclic amines) is 1. The van der Waals surface area contributed by atoms with E-state index in [4.69, 9.17) is 16.6 Å². The van der Waals surface area contributed by atoms with E-state index in [1.807, 2.05) is 72.6 Å². The van der Waals surface area contributed by atoms with Crippen LogP contribution in [0.5, 0.6) is 0 Å². The molecule has 38 heavy (non-hydrogen) atoms. The van der Waals surface area contributed by atoms with E-state index in [1.54, 1.807) is 23.2 Å². The lowest BCUT2D eigenvalue weighted by molar-refractivity contribution is 0.0212. The number of carbonyl (C=O) groups excluding carboxylic acids is 1. The molecule has 1 aliphatic heterocycles. The van der Waals surface area contributed by atoms with Gasteiger partial charge in [-0.3, -0.25) is 4.79 Å². The number of aliphatic hydroxyl groups is 1. The molecule has 0 bridgehead atoms. The van der Waals surface area contributed by atoms with Gasteiger partial charge in [-0.2, -0.15) is 0 Å². The van der Waals surface area contributed by atoms with Gasteiger partial charge in [-0.15, -0.1) is 0 Å². The van der Waals surface area contributed by atoms with Crippen LogP contribution in [0.15, 0.2) is 91.1 Å². The van der Waals surface area contributed by atoms with Crippen LogP contribution in [0.2, 0.25) is 5.02 Å². The first-order valence-electron chi connectivity index (χ1n) is 12.9. The fraction of sp³-hybridized carbons (Fsp3) is 0.258. The number of anilines is 1. The zero-order valence-electron chi connectivity index (χ0n) is 21.4. The lowest BCUT2D eigenvalue weighted by Crippen LogP contribution is -2.47. The summed E-state index contributed by atoms with van der Waals surface area (Å²) >= 11 is 6.16. The maximum Gasteiger partial charge on any atom is 0.258 e. The first kappa shape index (κ1) is 25.9. The summed E-state index contributed by atoms with van der Waals surface area (Å²) in [6.45, 7) is 1.20. The third-order valence-corrected chi connectivity index (χ3v) is 7.30. The molecule has 0 radical (unpaired) electrons. The summed E-state index contributed by atoms with van der Waals surface area (Å²) in [5, 5.41) is 11.8. The minimum atomic E-state index is -0.767. The number of hydrogen-bond donors (Lipinski definition) is 1. The highest BCUT2D eigenvalue weighted by molar-refractivity contribution is 6.30. The minimum Gasteiger partial charge on any atom is -0.386 e. The summed E-state index contributed by atoms with van der Waals surface area (Å²) in [5.41, 5.74) is 3.69. The number of benzene rings is 3. The second kappa shape index (κ2) is 11.8. The Kier molecular flexibility index (Phi) is 8.01. The number of hydrogen-bond acceptors (Lipinski definition) is 5. The smallest absolute Gasteiger partial charge is 0.258 e. The van der Waals surface area contributed by atoms with Gasteiger partial charge in [0.25, 0.3) is 5.91 Å². The highest BCUT2D eigenvalue weighted by Crippen LogP contribution is 2.32. The van der Waals surface area contributed by atoms with Gasteiger partial charge in [-0.05, 0) is 42.5 Å². The Hall–Kier alpha value is -3.74. The van der Waals surface area contributed by atoms with Gasteiger partial charge in [0.1, 0.15) is 0 Å². The number of aliphatic hydroxyl groups excluding tert-OH is 1. The molecule has 1 saturated heterocycles. The van der Waals surface area contributed by atoms with Crippen LogP contribution in [0, 0.1) is 0 Å². The molecule has 0 aliphatic carbocycles. The minimum absolute atomic E-state index is 0.174. The third kappa shape index (κ3) is 5.72. The quantitative estimate of drug-likeness (QED) is 0.312. The van der Waals surface area contributed by atoms with Crippen molar-refractivity contribution in [2.75, 3.05) is 18.5 Å². The molecule has 1 fully saturated rings. The van der Waals surface area contributed by atoms with Crippen LogP contribution in [-0.2, 0) is 6.54 Å². The van der Waals surface area contributed by atoms with Crippen LogP contribution < -0.4 is 4.90 Å². The Balaban J connectivity index is 1.50. The van der Waals surface area contributed by atoms with Crippen molar-refractivity contribution in [3.63, 3.8) is 0 Å². The maximum absolute atomic E-state index is 14.1. The molecule has 0 spiro atoms. The summed E-state index contributed by atoms with van der Waals surface area (Å²) in [5.74, 6) is 0.349. The zero-order chi connectivity index (χ0) is 26.5. The van der Waals surface area contributed by atoms with Crippen molar-refractivity contribution in [2.45, 2.75) is 38.0 Å². The van der Waals surface area contributed by atoms with Gasteiger partial charge in [0.05, 0.1) is 23.4 Å². The van der Waals surface area contributed by atoms with Gasteiger partial charge in [0.2, 0.25) is 5.95 Å². The van der Waals surface area contributed by atoms with E-state index in [9.17, 15) is 9.90 Å². The van der Waals surface area contributed by atoms with Crippen LogP contribution >= 0.6 is 11.6 Å². The van der Waals surface area contributed by atoms with Gasteiger partial charge in [0, 0.05) is 36.9 Å². The van der Waals surface area contributed by atoms with Crippen LogP contribution in [0.3, 0.4) is 0 Å². The van der Waals surface area contributed by atoms with Crippen molar-refractivity contribution < 1.29 is 9.90 Å². The summed E-state index contributed by atoms with van der Waals surface area (Å²) in [7, 11) is 1.94. The van der Waals surface area contributed by atoms with Crippen molar-refractivity contribution in [3.8, 4) is 11.3 Å². The predicted molar refractivity (Wildman–Crippen MR) is 151 cm³/mol. The molecule has 2 heterocycles. The van der Waals surface area contributed by atoms with E-state index in [0.29, 0.717) is 35.3 Å². The molecule has 1 aliphatic rings. The van der Waals surface area contributed by atoms with Crippen molar-refractivity contribution in [2.24, 2.45) is 0 Å². The molecule has 0 saturated carbocycles. The van der Waals surface area contributed by atoms with Gasteiger partial charge in [-0.1, -0.05) is 84.4 Å². The molecular weight excluding hydrogens is 496 g/mol. The lowest BCUT2D eigenvalue weighted by atomic mass is 9.92. The topological polar surface area (TPSA) is 69.6 Å². The van der Waals surface area contributed by atoms with E-state index >= 15 is 0 Å². The molecule has 194 valence electrons. The SMILES string of the molecule is CN(Cc1ccccc1)c1ncc(C(=O)N2CCCCC2C(O)c2ccccc2)c(-c2ccc(Cl)cc2)n1. The summed E-state index contributed by atoms with van der Waals surface area (Å²) < 4.78 is 0. The zero-order valence-corrected chi connectivity index (χ0v) is 22.1. The third-order valence-electron chi connectivity index (χ3n) is 7.04. The lowest BCUT2D eigenvalue weighted by Gasteiger charge is -2.39. The average molecular weight is 527 g/mol. The monoisotopic (exact) mass is 526 g/mol. The number of rotatable bonds is 7. The molecular formula is C31H31ClN4O2. The molecule has 4 aromatic rings. The van der Waals surface area contributed by atoms with E-state index in [2.05, 4.69) is 17.1 Å². The van der Waals surface area contributed by atoms with Crippen LogP contribution in [0.25, 0.3) is 11.3 Å².